The Bertz CT molecular complexity index is 623. The number of hydrogen-bond donors (Lipinski definition) is 2. The van der Waals surface area contributed by atoms with Crippen LogP contribution in [0.15, 0.2) is 0 Å². The Hall–Kier alpha value is -0.910. The van der Waals surface area contributed by atoms with Crippen LogP contribution < -0.4 is 5.73 Å². The van der Waals surface area contributed by atoms with Gasteiger partial charge in [0.25, 0.3) is 0 Å². The maximum absolute atomic E-state index is 12.1. The number of carboxylic acid groups (broad SMARTS) is 1. The summed E-state index contributed by atoms with van der Waals surface area (Å²) in [7, 11) is 2.07. The van der Waals surface area contributed by atoms with E-state index in [2.05, 4.69) is 25.8 Å². The van der Waals surface area contributed by atoms with E-state index in [0.29, 0.717) is 24.2 Å². The van der Waals surface area contributed by atoms with E-state index in [0.717, 1.165) is 42.5 Å². The van der Waals surface area contributed by atoms with Crippen molar-refractivity contribution in [3.63, 3.8) is 0 Å². The van der Waals surface area contributed by atoms with E-state index in [-0.39, 0.29) is 5.41 Å². The standard InChI is InChI=1S/C19H30N2O2S/c1-19(2)9-8-15-13(10-19)16(18(22)23)17(24-15)12-6-4-5-7-14(12)21(3)11-20/h12,14H,4-11,20H2,1-3H3,(H,22,23)/t12-,14+/m0/s1. The molecule has 1 aromatic heterocycles. The van der Waals surface area contributed by atoms with Crippen molar-refractivity contribution in [1.29, 1.82) is 0 Å². The van der Waals surface area contributed by atoms with Crippen LogP contribution in [0.5, 0.6) is 0 Å². The van der Waals surface area contributed by atoms with Crippen molar-refractivity contribution >= 4 is 17.3 Å². The lowest BCUT2D eigenvalue weighted by atomic mass is 9.75. The zero-order valence-electron chi connectivity index (χ0n) is 15.1. The number of nitrogens with two attached hydrogens (primary N) is 1. The summed E-state index contributed by atoms with van der Waals surface area (Å²) in [6, 6.07) is 0.370. The first-order valence-electron chi connectivity index (χ1n) is 9.12. The molecule has 0 spiro atoms. The van der Waals surface area contributed by atoms with Crippen LogP contribution in [0, 0.1) is 5.41 Å². The van der Waals surface area contributed by atoms with E-state index < -0.39 is 5.97 Å². The van der Waals surface area contributed by atoms with Crippen molar-refractivity contribution in [2.24, 2.45) is 11.1 Å². The highest BCUT2D eigenvalue weighted by Gasteiger charge is 2.38. The zero-order valence-corrected chi connectivity index (χ0v) is 15.9. The molecule has 2 aliphatic rings. The zero-order chi connectivity index (χ0) is 17.5. The fourth-order valence-electron chi connectivity index (χ4n) is 4.52. The molecule has 0 saturated heterocycles. The summed E-state index contributed by atoms with van der Waals surface area (Å²) in [6.07, 6.45) is 7.67. The highest BCUT2D eigenvalue weighted by molar-refractivity contribution is 7.12. The van der Waals surface area contributed by atoms with Crippen molar-refractivity contribution in [3.05, 3.63) is 20.9 Å². The molecule has 3 N–H and O–H groups in total. The number of fused-ring (bicyclic) bond motifs is 1. The largest absolute Gasteiger partial charge is 0.478 e. The average molecular weight is 351 g/mol. The minimum atomic E-state index is -0.736. The molecule has 0 aromatic carbocycles. The number of carbonyl (C=O) groups is 1. The van der Waals surface area contributed by atoms with Gasteiger partial charge >= 0.3 is 5.97 Å². The fourth-order valence-corrected chi connectivity index (χ4v) is 6.02. The van der Waals surface area contributed by atoms with Gasteiger partial charge in [-0.2, -0.15) is 0 Å². The molecule has 1 aromatic rings. The van der Waals surface area contributed by atoms with Crippen LogP contribution in [-0.2, 0) is 12.8 Å². The maximum atomic E-state index is 12.1. The van der Waals surface area contributed by atoms with Crippen molar-refractivity contribution in [2.75, 3.05) is 13.7 Å². The number of aryl methyl sites for hydroxylation is 1. The van der Waals surface area contributed by atoms with Gasteiger partial charge in [-0.1, -0.05) is 26.7 Å². The lowest BCUT2D eigenvalue weighted by Crippen LogP contribution is -2.42. The van der Waals surface area contributed by atoms with Crippen molar-refractivity contribution in [2.45, 2.75) is 70.8 Å². The van der Waals surface area contributed by atoms with Crippen LogP contribution in [-0.4, -0.2) is 35.7 Å². The summed E-state index contributed by atoms with van der Waals surface area (Å²) < 4.78 is 0. The van der Waals surface area contributed by atoms with Gasteiger partial charge < -0.3 is 10.8 Å². The molecule has 4 nitrogen and oxygen atoms in total. The van der Waals surface area contributed by atoms with Gasteiger partial charge in [0.15, 0.2) is 0 Å². The Balaban J connectivity index is 2.04. The second kappa shape index (κ2) is 6.77. The van der Waals surface area contributed by atoms with E-state index in [1.54, 1.807) is 11.3 Å². The maximum Gasteiger partial charge on any atom is 0.337 e. The van der Waals surface area contributed by atoms with E-state index in [1.807, 2.05) is 0 Å². The van der Waals surface area contributed by atoms with Gasteiger partial charge in [-0.25, -0.2) is 4.79 Å². The highest BCUT2D eigenvalue weighted by Crippen LogP contribution is 2.47. The highest BCUT2D eigenvalue weighted by atomic mass is 32.1. The number of rotatable bonds is 4. The van der Waals surface area contributed by atoms with Gasteiger partial charge in [-0.05, 0) is 50.1 Å². The van der Waals surface area contributed by atoms with Gasteiger partial charge in [-0.3, -0.25) is 4.90 Å². The van der Waals surface area contributed by atoms with Crippen molar-refractivity contribution in [3.8, 4) is 0 Å². The quantitative estimate of drug-likeness (QED) is 0.810. The van der Waals surface area contributed by atoms with E-state index in [4.69, 9.17) is 5.73 Å². The fraction of sp³-hybridized carbons (Fsp3) is 0.737. The molecule has 1 fully saturated rings. The van der Waals surface area contributed by atoms with Crippen LogP contribution in [0.1, 0.15) is 77.5 Å². The molecule has 0 amide bonds. The summed E-state index contributed by atoms with van der Waals surface area (Å²) in [5.74, 6) is -0.419. The minimum Gasteiger partial charge on any atom is -0.478 e. The van der Waals surface area contributed by atoms with Crippen LogP contribution >= 0.6 is 11.3 Å². The average Bonchev–Trinajstić information content (AvgIpc) is 2.91. The van der Waals surface area contributed by atoms with Gasteiger partial charge in [0.1, 0.15) is 0 Å². The van der Waals surface area contributed by atoms with Gasteiger partial charge in [0.2, 0.25) is 0 Å². The summed E-state index contributed by atoms with van der Waals surface area (Å²) >= 11 is 1.78. The van der Waals surface area contributed by atoms with Crippen LogP contribution in [0.3, 0.4) is 0 Å². The third kappa shape index (κ3) is 3.26. The molecular weight excluding hydrogens is 320 g/mol. The van der Waals surface area contributed by atoms with E-state index in [1.165, 1.54) is 17.7 Å². The Morgan fingerprint density at radius 3 is 2.75 bits per heavy atom. The molecule has 1 saturated carbocycles. The Kier molecular flexibility index (Phi) is 5.05. The topological polar surface area (TPSA) is 66.6 Å². The lowest BCUT2D eigenvalue weighted by molar-refractivity contribution is 0.0692. The third-order valence-corrected chi connectivity index (χ3v) is 7.36. The summed E-state index contributed by atoms with van der Waals surface area (Å²) in [5, 5.41) is 9.96. The molecule has 134 valence electrons. The predicted molar refractivity (Wildman–Crippen MR) is 98.9 cm³/mol. The Morgan fingerprint density at radius 2 is 2.08 bits per heavy atom. The summed E-state index contributed by atoms with van der Waals surface area (Å²) in [6.45, 7) is 5.04. The molecule has 2 aliphatic carbocycles. The van der Waals surface area contributed by atoms with Crippen LogP contribution in [0.2, 0.25) is 0 Å². The molecule has 1 heterocycles. The van der Waals surface area contributed by atoms with E-state index >= 15 is 0 Å². The number of likely N-dealkylation sites (N-methyl/N-ethyl adjacent to an activating group) is 1. The summed E-state index contributed by atoms with van der Waals surface area (Å²) in [4.78, 5) is 16.8. The minimum absolute atomic E-state index is 0.204. The Morgan fingerprint density at radius 1 is 1.38 bits per heavy atom. The lowest BCUT2D eigenvalue weighted by Gasteiger charge is -2.37. The SMILES string of the molecule is CN(CN)[C@@H]1CCCC[C@@H]1c1sc2c(c1C(=O)O)CC(C)(C)CC2. The first-order valence-corrected chi connectivity index (χ1v) is 9.94. The van der Waals surface area contributed by atoms with Gasteiger partial charge in [0.05, 0.1) is 5.56 Å². The molecule has 3 rings (SSSR count). The summed E-state index contributed by atoms with van der Waals surface area (Å²) in [5.41, 5.74) is 7.84. The molecule has 5 heteroatoms. The number of hydrogen-bond acceptors (Lipinski definition) is 4. The molecule has 0 bridgehead atoms. The smallest absolute Gasteiger partial charge is 0.337 e. The number of carboxylic acids is 1. The van der Waals surface area contributed by atoms with Crippen LogP contribution in [0.25, 0.3) is 0 Å². The normalized spacial score (nSPS) is 26.4. The van der Waals surface area contributed by atoms with E-state index in [9.17, 15) is 9.90 Å². The molecule has 2 atom stereocenters. The molecule has 0 radical (unpaired) electrons. The number of aromatic carboxylic acids is 1. The van der Waals surface area contributed by atoms with Crippen LogP contribution in [0.4, 0.5) is 0 Å². The second-order valence-electron chi connectivity index (χ2n) is 8.29. The number of thiophene rings is 1. The predicted octanol–water partition coefficient (Wildman–Crippen LogP) is 3.84. The molecule has 0 unspecified atom stereocenters. The van der Waals surface area contributed by atoms with Crippen molar-refractivity contribution in [1.82, 2.24) is 4.90 Å². The van der Waals surface area contributed by atoms with Crippen molar-refractivity contribution < 1.29 is 9.90 Å². The molecular formula is C19H30N2O2S. The third-order valence-electron chi connectivity index (χ3n) is 5.94. The molecule has 0 aliphatic heterocycles. The van der Waals surface area contributed by atoms with Gasteiger partial charge in [0, 0.05) is 28.4 Å². The second-order valence-corrected chi connectivity index (χ2v) is 9.42. The Labute approximate surface area is 149 Å². The first-order chi connectivity index (χ1) is 11.3. The monoisotopic (exact) mass is 350 g/mol. The van der Waals surface area contributed by atoms with Gasteiger partial charge in [-0.15, -0.1) is 11.3 Å². The molecule has 24 heavy (non-hydrogen) atoms. The first kappa shape index (κ1) is 17.9. The number of nitrogens with zero attached hydrogens (tertiary/aromatic N) is 1.